The van der Waals surface area contributed by atoms with E-state index in [1.165, 1.54) is 11.8 Å². The van der Waals surface area contributed by atoms with Crippen LogP contribution in [0.25, 0.3) is 0 Å². The molecule has 1 saturated heterocycles. The third kappa shape index (κ3) is 4.97. The Bertz CT molecular complexity index is 528. The smallest absolute Gasteiger partial charge is 0.212 e. The summed E-state index contributed by atoms with van der Waals surface area (Å²) in [5.41, 5.74) is 6.49. The van der Waals surface area contributed by atoms with Crippen molar-refractivity contribution in [2.45, 2.75) is 23.8 Å². The minimum absolute atomic E-state index is 0.0298. The van der Waals surface area contributed by atoms with E-state index in [1.54, 1.807) is 0 Å². The lowest BCUT2D eigenvalue weighted by atomic mass is 10.2. The Morgan fingerprint density at radius 2 is 2.20 bits per heavy atom. The third-order valence-electron chi connectivity index (χ3n) is 3.08. The molecule has 1 aromatic rings. The van der Waals surface area contributed by atoms with Gasteiger partial charge in [0.2, 0.25) is 10.0 Å². The first-order valence-corrected chi connectivity index (χ1v) is 9.27. The number of ether oxygens (including phenoxy) is 1. The van der Waals surface area contributed by atoms with E-state index < -0.39 is 10.0 Å². The summed E-state index contributed by atoms with van der Waals surface area (Å²) in [5.74, 6) is 0.563. The summed E-state index contributed by atoms with van der Waals surface area (Å²) in [7, 11) is -3.24. The number of nitrogen functional groups attached to an aromatic ring is 1. The highest BCUT2D eigenvalue weighted by molar-refractivity contribution is 8.00. The molecule has 0 amide bonds. The fourth-order valence-corrected chi connectivity index (χ4v) is 4.40. The summed E-state index contributed by atoms with van der Waals surface area (Å²) >= 11 is 1.46. The van der Waals surface area contributed by atoms with Crippen molar-refractivity contribution in [1.29, 1.82) is 0 Å². The normalized spacial score (nSPS) is 19.3. The highest BCUT2D eigenvalue weighted by Crippen LogP contribution is 2.24. The zero-order valence-corrected chi connectivity index (χ0v) is 12.9. The highest BCUT2D eigenvalue weighted by atomic mass is 32.2. The van der Waals surface area contributed by atoms with Gasteiger partial charge in [0, 0.05) is 29.5 Å². The molecule has 3 N–H and O–H groups in total. The second-order valence-electron chi connectivity index (χ2n) is 4.69. The van der Waals surface area contributed by atoms with Gasteiger partial charge in [0.15, 0.2) is 0 Å². The quantitative estimate of drug-likeness (QED) is 0.588. The Labute approximate surface area is 124 Å². The van der Waals surface area contributed by atoms with Gasteiger partial charge in [-0.1, -0.05) is 12.1 Å². The lowest BCUT2D eigenvalue weighted by molar-refractivity contribution is 0.114. The zero-order valence-electron chi connectivity index (χ0n) is 11.2. The monoisotopic (exact) mass is 316 g/mol. The Morgan fingerprint density at radius 1 is 1.40 bits per heavy atom. The topological polar surface area (TPSA) is 81.4 Å². The van der Waals surface area contributed by atoms with E-state index in [1.807, 2.05) is 24.3 Å². The number of rotatable bonds is 7. The number of anilines is 1. The van der Waals surface area contributed by atoms with Crippen molar-refractivity contribution in [3.63, 3.8) is 0 Å². The molecule has 20 heavy (non-hydrogen) atoms. The maximum Gasteiger partial charge on any atom is 0.212 e. The average Bonchev–Trinajstić information content (AvgIpc) is 2.92. The summed E-state index contributed by atoms with van der Waals surface area (Å²) < 4.78 is 31.7. The fourth-order valence-electron chi connectivity index (χ4n) is 1.97. The number of para-hydroxylation sites is 1. The predicted molar refractivity (Wildman–Crippen MR) is 82.3 cm³/mol. The maximum absolute atomic E-state index is 11.9. The van der Waals surface area contributed by atoms with Crippen LogP contribution in [0.4, 0.5) is 5.69 Å². The first-order chi connectivity index (χ1) is 9.57. The van der Waals surface area contributed by atoms with Gasteiger partial charge in [0.25, 0.3) is 0 Å². The molecule has 112 valence electrons. The molecule has 1 fully saturated rings. The lowest BCUT2D eigenvalue weighted by Crippen LogP contribution is -2.34. The van der Waals surface area contributed by atoms with E-state index in [0.29, 0.717) is 18.0 Å². The van der Waals surface area contributed by atoms with Crippen molar-refractivity contribution in [2.24, 2.45) is 0 Å². The van der Waals surface area contributed by atoms with Crippen molar-refractivity contribution in [2.75, 3.05) is 30.4 Å². The molecular weight excluding hydrogens is 296 g/mol. The Kier molecular flexibility index (Phi) is 5.71. The number of nitrogens with two attached hydrogens (primary N) is 1. The van der Waals surface area contributed by atoms with Gasteiger partial charge in [-0.25, -0.2) is 13.1 Å². The van der Waals surface area contributed by atoms with Gasteiger partial charge in [0.05, 0.1) is 11.9 Å². The Hall–Kier alpha value is -0.760. The standard InChI is InChI=1S/C13H20N2O3S2/c14-12-5-1-2-6-13(12)19-8-9-20(16,17)15-10-11-4-3-7-18-11/h1-2,5-6,11,15H,3-4,7-10,14H2. The van der Waals surface area contributed by atoms with Crippen LogP contribution in [-0.2, 0) is 14.8 Å². The molecule has 0 saturated carbocycles. The fraction of sp³-hybridized carbons (Fsp3) is 0.538. The molecule has 5 nitrogen and oxygen atoms in total. The largest absolute Gasteiger partial charge is 0.398 e. The number of sulfonamides is 1. The Morgan fingerprint density at radius 3 is 2.90 bits per heavy atom. The van der Waals surface area contributed by atoms with E-state index in [9.17, 15) is 8.42 Å². The summed E-state index contributed by atoms with van der Waals surface area (Å²) in [6.45, 7) is 1.11. The molecule has 0 spiro atoms. The van der Waals surface area contributed by atoms with Crippen molar-refractivity contribution in [1.82, 2.24) is 4.72 Å². The minimum Gasteiger partial charge on any atom is -0.398 e. The molecule has 2 rings (SSSR count). The molecule has 7 heteroatoms. The maximum atomic E-state index is 11.9. The molecule has 1 heterocycles. The van der Waals surface area contributed by atoms with Crippen LogP contribution in [0, 0.1) is 0 Å². The lowest BCUT2D eigenvalue weighted by Gasteiger charge is -2.11. The van der Waals surface area contributed by atoms with Crippen LogP contribution < -0.4 is 10.5 Å². The van der Waals surface area contributed by atoms with E-state index in [0.717, 1.165) is 24.3 Å². The molecule has 0 aliphatic carbocycles. The molecule has 1 aliphatic heterocycles. The molecule has 0 radical (unpaired) electrons. The van der Waals surface area contributed by atoms with Crippen LogP contribution in [0.2, 0.25) is 0 Å². The number of nitrogens with one attached hydrogen (secondary N) is 1. The van der Waals surface area contributed by atoms with Crippen molar-refractivity contribution in [3.05, 3.63) is 24.3 Å². The Balaban J connectivity index is 1.73. The summed E-state index contributed by atoms with van der Waals surface area (Å²) in [5, 5.41) is 0. The van der Waals surface area contributed by atoms with Crippen molar-refractivity contribution < 1.29 is 13.2 Å². The summed E-state index contributed by atoms with van der Waals surface area (Å²) in [6, 6.07) is 7.46. The minimum atomic E-state index is -3.24. The summed E-state index contributed by atoms with van der Waals surface area (Å²) in [6.07, 6.45) is 1.97. The van der Waals surface area contributed by atoms with Gasteiger partial charge in [-0.3, -0.25) is 0 Å². The first kappa shape index (κ1) is 15.6. The average molecular weight is 316 g/mol. The van der Waals surface area contributed by atoms with Crippen LogP contribution in [0.3, 0.4) is 0 Å². The van der Waals surface area contributed by atoms with E-state index >= 15 is 0 Å². The van der Waals surface area contributed by atoms with Gasteiger partial charge in [0.1, 0.15) is 0 Å². The molecule has 1 atom stereocenters. The van der Waals surface area contributed by atoms with Gasteiger partial charge in [-0.2, -0.15) is 0 Å². The van der Waals surface area contributed by atoms with Crippen LogP contribution in [-0.4, -0.2) is 39.2 Å². The van der Waals surface area contributed by atoms with Gasteiger partial charge < -0.3 is 10.5 Å². The van der Waals surface area contributed by atoms with Crippen molar-refractivity contribution in [3.8, 4) is 0 Å². The second kappa shape index (κ2) is 7.31. The molecule has 0 aromatic heterocycles. The molecule has 1 aromatic carbocycles. The van der Waals surface area contributed by atoms with Crippen LogP contribution >= 0.6 is 11.8 Å². The van der Waals surface area contributed by atoms with Gasteiger partial charge >= 0.3 is 0 Å². The van der Waals surface area contributed by atoms with Crippen LogP contribution in [0.5, 0.6) is 0 Å². The number of thioether (sulfide) groups is 1. The summed E-state index contributed by atoms with van der Waals surface area (Å²) in [4.78, 5) is 0.918. The number of hydrogen-bond donors (Lipinski definition) is 2. The number of benzene rings is 1. The molecule has 0 bridgehead atoms. The number of hydrogen-bond acceptors (Lipinski definition) is 5. The van der Waals surface area contributed by atoms with Crippen LogP contribution in [0.1, 0.15) is 12.8 Å². The van der Waals surface area contributed by atoms with E-state index in [4.69, 9.17) is 10.5 Å². The van der Waals surface area contributed by atoms with Crippen molar-refractivity contribution >= 4 is 27.5 Å². The van der Waals surface area contributed by atoms with Crippen LogP contribution in [0.15, 0.2) is 29.2 Å². The first-order valence-electron chi connectivity index (χ1n) is 6.63. The molecule has 1 unspecified atom stereocenters. The van der Waals surface area contributed by atoms with E-state index in [-0.39, 0.29) is 11.9 Å². The molecule has 1 aliphatic rings. The van der Waals surface area contributed by atoms with Gasteiger partial charge in [-0.15, -0.1) is 11.8 Å². The molecular formula is C13H20N2O3S2. The predicted octanol–water partition coefficient (Wildman–Crippen LogP) is 1.46. The third-order valence-corrected chi connectivity index (χ3v) is 5.78. The second-order valence-corrected chi connectivity index (χ2v) is 7.75. The van der Waals surface area contributed by atoms with Gasteiger partial charge in [-0.05, 0) is 25.0 Å². The zero-order chi connectivity index (χ0) is 14.4. The SMILES string of the molecule is Nc1ccccc1SCCS(=O)(=O)NCC1CCCO1. The van der Waals surface area contributed by atoms with E-state index in [2.05, 4.69) is 4.72 Å². The highest BCUT2D eigenvalue weighted by Gasteiger charge is 2.18.